The molecule has 2 aromatic carbocycles. The maximum atomic E-state index is 7.07. The molecule has 1 atom stereocenters. The number of fused-ring (bicyclic) bond motifs is 1. The van der Waals surface area contributed by atoms with Gasteiger partial charge in [-0.25, -0.2) is 0 Å². The Kier molecular flexibility index (Phi) is 6.06. The van der Waals surface area contributed by atoms with E-state index in [4.69, 9.17) is 9.41 Å². The van der Waals surface area contributed by atoms with Gasteiger partial charge in [-0.2, -0.15) is 0 Å². The fourth-order valence-corrected chi connectivity index (χ4v) is 4.55. The topological polar surface area (TPSA) is 22.1 Å². The van der Waals surface area contributed by atoms with Crippen molar-refractivity contribution >= 4 is 19.1 Å². The SMILES string of the molecule is CCCc1ncc2ccccc2c1C(O[Si](C)(C)C(C)(C)C)c1ccccc1. The van der Waals surface area contributed by atoms with Gasteiger partial charge in [0.25, 0.3) is 0 Å². The molecule has 1 unspecified atom stereocenters. The van der Waals surface area contributed by atoms with Crippen molar-refractivity contribution in [3.8, 4) is 0 Å². The Bertz CT molecular complexity index is 928. The fourth-order valence-electron chi connectivity index (χ4n) is 3.35. The molecule has 0 aliphatic carbocycles. The van der Waals surface area contributed by atoms with Gasteiger partial charge < -0.3 is 4.43 Å². The van der Waals surface area contributed by atoms with Gasteiger partial charge in [0, 0.05) is 22.8 Å². The highest BCUT2D eigenvalue weighted by atomic mass is 28.4. The molecule has 0 N–H and O–H groups in total. The van der Waals surface area contributed by atoms with Gasteiger partial charge in [-0.3, -0.25) is 4.98 Å². The van der Waals surface area contributed by atoms with Crippen molar-refractivity contribution in [2.75, 3.05) is 0 Å². The normalized spacial score (nSPS) is 13.6. The molecular formula is C25H33NOSi. The largest absolute Gasteiger partial charge is 0.406 e. The number of nitrogens with zero attached hydrogens (tertiary/aromatic N) is 1. The second kappa shape index (κ2) is 8.18. The Morgan fingerprint density at radius 2 is 1.61 bits per heavy atom. The summed E-state index contributed by atoms with van der Waals surface area (Å²) in [5.74, 6) is 0. The molecule has 0 spiro atoms. The smallest absolute Gasteiger partial charge is 0.193 e. The van der Waals surface area contributed by atoms with Crippen molar-refractivity contribution in [3.63, 3.8) is 0 Å². The zero-order valence-corrected chi connectivity index (χ0v) is 19.1. The van der Waals surface area contributed by atoms with E-state index in [1.807, 2.05) is 6.20 Å². The van der Waals surface area contributed by atoms with Gasteiger partial charge in [-0.05, 0) is 35.5 Å². The number of aromatic nitrogens is 1. The Hall–Kier alpha value is -1.97. The highest BCUT2D eigenvalue weighted by Gasteiger charge is 2.40. The van der Waals surface area contributed by atoms with Crippen LogP contribution in [-0.4, -0.2) is 13.3 Å². The Balaban J connectivity index is 2.25. The third-order valence-electron chi connectivity index (χ3n) is 5.99. The molecule has 0 saturated carbocycles. The van der Waals surface area contributed by atoms with Crippen LogP contribution < -0.4 is 0 Å². The summed E-state index contributed by atoms with van der Waals surface area (Å²) in [6.45, 7) is 13.8. The molecule has 0 saturated heterocycles. The minimum Gasteiger partial charge on any atom is -0.406 e. The zero-order chi connectivity index (χ0) is 20.4. The Morgan fingerprint density at radius 1 is 0.964 bits per heavy atom. The maximum absolute atomic E-state index is 7.07. The molecular weight excluding hydrogens is 358 g/mol. The molecule has 0 amide bonds. The average Bonchev–Trinajstić information content (AvgIpc) is 2.66. The summed E-state index contributed by atoms with van der Waals surface area (Å²) in [5, 5.41) is 2.58. The van der Waals surface area contributed by atoms with Crippen molar-refractivity contribution in [3.05, 3.63) is 77.6 Å². The summed E-state index contributed by atoms with van der Waals surface area (Å²) >= 11 is 0. The zero-order valence-electron chi connectivity index (χ0n) is 18.1. The number of aryl methyl sites for hydroxylation is 1. The molecule has 1 heterocycles. The first-order chi connectivity index (χ1) is 13.2. The molecule has 3 aromatic rings. The summed E-state index contributed by atoms with van der Waals surface area (Å²) in [6.07, 6.45) is 3.95. The van der Waals surface area contributed by atoms with Crippen LogP contribution in [0.2, 0.25) is 18.1 Å². The third kappa shape index (κ3) is 4.21. The van der Waals surface area contributed by atoms with E-state index in [9.17, 15) is 0 Å². The van der Waals surface area contributed by atoms with Crippen molar-refractivity contribution in [2.45, 2.75) is 64.8 Å². The lowest BCUT2D eigenvalue weighted by Crippen LogP contribution is -2.42. The summed E-state index contributed by atoms with van der Waals surface area (Å²) < 4.78 is 7.07. The molecule has 0 aliphatic heterocycles. The average molecular weight is 392 g/mol. The second-order valence-electron chi connectivity index (χ2n) is 9.12. The molecule has 0 fully saturated rings. The molecule has 1 aromatic heterocycles. The molecule has 0 bridgehead atoms. The molecule has 0 radical (unpaired) electrons. The van der Waals surface area contributed by atoms with Crippen LogP contribution in [-0.2, 0) is 10.8 Å². The van der Waals surface area contributed by atoms with Crippen molar-refractivity contribution in [1.29, 1.82) is 0 Å². The summed E-state index contributed by atoms with van der Waals surface area (Å²) in [5.41, 5.74) is 3.62. The molecule has 0 aliphatic rings. The van der Waals surface area contributed by atoms with Crippen LogP contribution in [0.15, 0.2) is 60.8 Å². The number of rotatable bonds is 6. The standard InChI is InChI=1S/C25H33NOSi/c1-7-13-22-23(21-17-12-11-16-20(21)18-26-22)24(19-14-9-8-10-15-19)27-28(5,6)25(2,3)4/h8-12,14-18,24H,7,13H2,1-6H3. The predicted octanol–water partition coefficient (Wildman–Crippen LogP) is 7.30. The van der Waals surface area contributed by atoms with Crippen molar-refractivity contribution < 1.29 is 4.43 Å². The van der Waals surface area contributed by atoms with Gasteiger partial charge in [-0.15, -0.1) is 0 Å². The van der Waals surface area contributed by atoms with Gasteiger partial charge in [-0.1, -0.05) is 88.7 Å². The lowest BCUT2D eigenvalue weighted by atomic mass is 9.93. The van der Waals surface area contributed by atoms with Crippen LogP contribution in [0.1, 0.15) is 57.0 Å². The van der Waals surface area contributed by atoms with E-state index in [2.05, 4.69) is 95.4 Å². The number of hydrogen-bond donors (Lipinski definition) is 0. The van der Waals surface area contributed by atoms with Crippen LogP contribution in [0.25, 0.3) is 10.8 Å². The van der Waals surface area contributed by atoms with Gasteiger partial charge in [0.1, 0.15) is 0 Å². The predicted molar refractivity (Wildman–Crippen MR) is 122 cm³/mol. The summed E-state index contributed by atoms with van der Waals surface area (Å²) in [4.78, 5) is 4.87. The van der Waals surface area contributed by atoms with Gasteiger partial charge in [0.05, 0.1) is 6.10 Å². The molecule has 28 heavy (non-hydrogen) atoms. The van der Waals surface area contributed by atoms with Gasteiger partial charge in [0.2, 0.25) is 0 Å². The molecule has 148 valence electrons. The first-order valence-electron chi connectivity index (χ1n) is 10.3. The minimum atomic E-state index is -1.99. The monoisotopic (exact) mass is 391 g/mol. The molecule has 2 nitrogen and oxygen atoms in total. The van der Waals surface area contributed by atoms with Crippen LogP contribution in [0.4, 0.5) is 0 Å². The van der Waals surface area contributed by atoms with E-state index in [-0.39, 0.29) is 11.1 Å². The van der Waals surface area contributed by atoms with E-state index < -0.39 is 8.32 Å². The van der Waals surface area contributed by atoms with Crippen LogP contribution >= 0.6 is 0 Å². The van der Waals surface area contributed by atoms with Crippen molar-refractivity contribution in [2.24, 2.45) is 0 Å². The van der Waals surface area contributed by atoms with Crippen LogP contribution in [0.5, 0.6) is 0 Å². The Labute approximate surface area is 171 Å². The maximum Gasteiger partial charge on any atom is 0.193 e. The van der Waals surface area contributed by atoms with E-state index in [0.717, 1.165) is 18.5 Å². The molecule has 3 heteroatoms. The molecule has 3 rings (SSSR count). The second-order valence-corrected chi connectivity index (χ2v) is 13.9. The first-order valence-corrected chi connectivity index (χ1v) is 13.2. The third-order valence-corrected chi connectivity index (χ3v) is 10.4. The summed E-state index contributed by atoms with van der Waals surface area (Å²) in [6, 6.07) is 19.2. The fraction of sp³-hybridized carbons (Fsp3) is 0.400. The number of hydrogen-bond acceptors (Lipinski definition) is 2. The summed E-state index contributed by atoms with van der Waals surface area (Å²) in [7, 11) is -1.99. The van der Waals surface area contributed by atoms with Gasteiger partial charge in [0.15, 0.2) is 8.32 Å². The van der Waals surface area contributed by atoms with E-state index >= 15 is 0 Å². The lowest BCUT2D eigenvalue weighted by molar-refractivity contribution is 0.222. The van der Waals surface area contributed by atoms with E-state index in [1.165, 1.54) is 21.9 Å². The van der Waals surface area contributed by atoms with Crippen LogP contribution in [0.3, 0.4) is 0 Å². The van der Waals surface area contributed by atoms with E-state index in [1.54, 1.807) is 0 Å². The highest BCUT2D eigenvalue weighted by Crippen LogP contribution is 2.43. The quantitative estimate of drug-likeness (QED) is 0.411. The Morgan fingerprint density at radius 3 is 2.25 bits per heavy atom. The highest BCUT2D eigenvalue weighted by molar-refractivity contribution is 6.74. The number of pyridine rings is 1. The first kappa shape index (κ1) is 20.8. The number of benzene rings is 2. The van der Waals surface area contributed by atoms with E-state index in [0.29, 0.717) is 0 Å². The van der Waals surface area contributed by atoms with Crippen molar-refractivity contribution in [1.82, 2.24) is 4.98 Å². The van der Waals surface area contributed by atoms with Gasteiger partial charge >= 0.3 is 0 Å². The minimum absolute atomic E-state index is 0.0951. The van der Waals surface area contributed by atoms with Crippen LogP contribution in [0, 0.1) is 0 Å². The lowest BCUT2D eigenvalue weighted by Gasteiger charge is -2.40.